The maximum Gasteiger partial charge on any atom is 0.411 e. The van der Waals surface area contributed by atoms with Crippen LogP contribution in [-0.4, -0.2) is 28.5 Å². The molecule has 1 heterocycles. The van der Waals surface area contributed by atoms with E-state index in [1.54, 1.807) is 48.5 Å². The van der Waals surface area contributed by atoms with Gasteiger partial charge in [-0.1, -0.05) is 36.4 Å². The summed E-state index contributed by atoms with van der Waals surface area (Å²) in [7, 11) is 0. The van der Waals surface area contributed by atoms with E-state index in [2.05, 4.69) is 15.2 Å². The first kappa shape index (κ1) is 22.3. The predicted octanol–water partition coefficient (Wildman–Crippen LogP) is 2.48. The number of carbonyl (C=O) groups excluding carboxylic acids is 1. The Bertz CT molecular complexity index is 1170. The number of aromatic nitrogens is 2. The number of fused-ring (bicyclic) bond motifs is 1. The summed E-state index contributed by atoms with van der Waals surface area (Å²) in [6, 6.07) is 13.0. The fraction of sp³-hybridized carbons (Fsp3) is 0.286. The van der Waals surface area contributed by atoms with Crippen LogP contribution in [0.25, 0.3) is 10.8 Å². The molecule has 0 saturated carbocycles. The van der Waals surface area contributed by atoms with Gasteiger partial charge in [0.05, 0.1) is 23.9 Å². The Kier molecular flexibility index (Phi) is 6.91. The van der Waals surface area contributed by atoms with E-state index in [1.807, 2.05) is 0 Å². The van der Waals surface area contributed by atoms with Gasteiger partial charge < -0.3 is 10.1 Å². The molecule has 31 heavy (non-hydrogen) atoms. The minimum atomic E-state index is -4.37. The van der Waals surface area contributed by atoms with E-state index in [0.29, 0.717) is 10.9 Å². The van der Waals surface area contributed by atoms with E-state index in [-0.39, 0.29) is 43.0 Å². The molecule has 3 rings (SSSR count). The number of hydrogen-bond donors (Lipinski definition) is 2. The fourth-order valence-electron chi connectivity index (χ4n) is 2.94. The van der Waals surface area contributed by atoms with Gasteiger partial charge in [0, 0.05) is 13.0 Å². The quantitative estimate of drug-likeness (QED) is 0.569. The molecule has 0 aliphatic rings. The Balaban J connectivity index is 1.50. The van der Waals surface area contributed by atoms with Crippen LogP contribution < -0.4 is 16.4 Å². The Morgan fingerprint density at radius 3 is 2.32 bits per heavy atom. The van der Waals surface area contributed by atoms with Crippen molar-refractivity contribution >= 4 is 16.7 Å². The van der Waals surface area contributed by atoms with Crippen LogP contribution in [0.3, 0.4) is 0 Å². The van der Waals surface area contributed by atoms with Gasteiger partial charge in [0.25, 0.3) is 11.1 Å². The van der Waals surface area contributed by atoms with Crippen molar-refractivity contribution in [2.24, 2.45) is 0 Å². The molecule has 0 unspecified atom stereocenters. The number of benzene rings is 2. The number of ether oxygens (including phenoxy) is 1. The molecule has 164 valence electrons. The number of hydrogen-bond acceptors (Lipinski definition) is 4. The lowest BCUT2D eigenvalue weighted by Gasteiger charge is -2.09. The lowest BCUT2D eigenvalue weighted by Crippen LogP contribution is -2.32. The summed E-state index contributed by atoms with van der Waals surface area (Å²) >= 11 is 0. The number of H-pyrrole nitrogens is 1. The SMILES string of the molecule is O=C(CCn1[nH]c(=O)c2ccccc2c1=O)NCc1ccc(COCC(F)(F)F)cc1. The second-order valence-corrected chi connectivity index (χ2v) is 6.89. The lowest BCUT2D eigenvalue weighted by atomic mass is 10.1. The molecule has 0 spiro atoms. The largest absolute Gasteiger partial charge is 0.411 e. The third-order valence-electron chi connectivity index (χ3n) is 4.49. The number of amides is 1. The molecule has 2 N–H and O–H groups in total. The molecule has 0 fully saturated rings. The number of carbonyl (C=O) groups is 1. The molecule has 1 aromatic heterocycles. The van der Waals surface area contributed by atoms with E-state index >= 15 is 0 Å². The highest BCUT2D eigenvalue weighted by molar-refractivity contribution is 5.80. The van der Waals surface area contributed by atoms with Crippen LogP contribution in [0.4, 0.5) is 13.2 Å². The zero-order valence-electron chi connectivity index (χ0n) is 16.4. The number of aromatic amines is 1. The average Bonchev–Trinajstić information content (AvgIpc) is 2.74. The van der Waals surface area contributed by atoms with Gasteiger partial charge in [-0.3, -0.25) is 19.5 Å². The summed E-state index contributed by atoms with van der Waals surface area (Å²) in [6.45, 7) is -1.24. The molecular weight excluding hydrogens is 415 g/mol. The van der Waals surface area contributed by atoms with Gasteiger partial charge in [-0.15, -0.1) is 0 Å². The molecule has 10 heteroatoms. The van der Waals surface area contributed by atoms with Crippen LogP contribution in [0.1, 0.15) is 17.5 Å². The zero-order valence-corrected chi connectivity index (χ0v) is 16.4. The molecular formula is C21H20F3N3O4. The fourth-order valence-corrected chi connectivity index (χ4v) is 2.94. The number of nitrogens with zero attached hydrogens (tertiary/aromatic N) is 1. The van der Waals surface area contributed by atoms with E-state index in [9.17, 15) is 27.6 Å². The molecule has 0 aliphatic heterocycles. The van der Waals surface area contributed by atoms with E-state index < -0.39 is 18.3 Å². The normalized spacial score (nSPS) is 11.6. The molecule has 7 nitrogen and oxygen atoms in total. The number of nitrogens with one attached hydrogen (secondary N) is 2. The van der Waals surface area contributed by atoms with Crippen molar-refractivity contribution in [2.75, 3.05) is 6.61 Å². The van der Waals surface area contributed by atoms with Crippen molar-refractivity contribution in [1.29, 1.82) is 0 Å². The van der Waals surface area contributed by atoms with Gasteiger partial charge >= 0.3 is 6.18 Å². The van der Waals surface area contributed by atoms with Crippen molar-refractivity contribution in [3.8, 4) is 0 Å². The minimum absolute atomic E-state index is 0.0141. The minimum Gasteiger partial charge on any atom is -0.367 e. The highest BCUT2D eigenvalue weighted by Crippen LogP contribution is 2.15. The molecule has 0 bridgehead atoms. The maximum absolute atomic E-state index is 12.4. The molecule has 3 aromatic rings. The van der Waals surface area contributed by atoms with Crippen molar-refractivity contribution in [3.63, 3.8) is 0 Å². The Morgan fingerprint density at radius 1 is 1.00 bits per heavy atom. The van der Waals surface area contributed by atoms with E-state index in [4.69, 9.17) is 0 Å². The monoisotopic (exact) mass is 435 g/mol. The van der Waals surface area contributed by atoms with Gasteiger partial charge in [0.1, 0.15) is 6.61 Å². The first-order chi connectivity index (χ1) is 14.7. The molecule has 0 aliphatic carbocycles. The number of alkyl halides is 3. The molecule has 1 amide bonds. The molecule has 2 aromatic carbocycles. The Hall–Kier alpha value is -3.40. The Morgan fingerprint density at radius 2 is 1.65 bits per heavy atom. The second kappa shape index (κ2) is 9.61. The van der Waals surface area contributed by atoms with Gasteiger partial charge in [0.15, 0.2) is 0 Å². The Labute approximate surface area is 174 Å². The molecule has 0 radical (unpaired) electrons. The highest BCUT2D eigenvalue weighted by Gasteiger charge is 2.27. The van der Waals surface area contributed by atoms with Crippen molar-refractivity contribution in [3.05, 3.63) is 80.4 Å². The first-order valence-electron chi connectivity index (χ1n) is 9.44. The molecule has 0 saturated heterocycles. The number of aryl methyl sites for hydroxylation is 1. The maximum atomic E-state index is 12.4. The van der Waals surface area contributed by atoms with Crippen LogP contribution in [-0.2, 0) is 29.2 Å². The van der Waals surface area contributed by atoms with Crippen LogP contribution in [0.15, 0.2) is 58.1 Å². The van der Waals surface area contributed by atoms with Crippen molar-refractivity contribution in [2.45, 2.75) is 32.3 Å². The topological polar surface area (TPSA) is 93.2 Å². The summed E-state index contributed by atoms with van der Waals surface area (Å²) in [4.78, 5) is 36.6. The molecule has 0 atom stereocenters. The summed E-state index contributed by atoms with van der Waals surface area (Å²) in [5.74, 6) is -0.321. The van der Waals surface area contributed by atoms with Gasteiger partial charge in [-0.2, -0.15) is 13.2 Å². The summed E-state index contributed by atoms with van der Waals surface area (Å²) < 4.78 is 41.9. The van der Waals surface area contributed by atoms with Crippen LogP contribution in [0, 0.1) is 0 Å². The summed E-state index contributed by atoms with van der Waals surface area (Å²) in [6.07, 6.45) is -4.38. The van der Waals surface area contributed by atoms with E-state index in [1.165, 1.54) is 0 Å². The zero-order chi connectivity index (χ0) is 22.4. The summed E-state index contributed by atoms with van der Waals surface area (Å²) in [5, 5.41) is 5.74. The van der Waals surface area contributed by atoms with Crippen LogP contribution in [0.2, 0.25) is 0 Å². The predicted molar refractivity (Wildman–Crippen MR) is 107 cm³/mol. The third kappa shape index (κ3) is 6.29. The second-order valence-electron chi connectivity index (χ2n) is 6.89. The average molecular weight is 435 g/mol. The van der Waals surface area contributed by atoms with Crippen molar-refractivity contribution < 1.29 is 22.7 Å². The van der Waals surface area contributed by atoms with E-state index in [0.717, 1.165) is 10.2 Å². The van der Waals surface area contributed by atoms with Crippen LogP contribution >= 0.6 is 0 Å². The van der Waals surface area contributed by atoms with Crippen molar-refractivity contribution in [1.82, 2.24) is 15.1 Å². The van der Waals surface area contributed by atoms with Crippen LogP contribution in [0.5, 0.6) is 0 Å². The van der Waals surface area contributed by atoms with Gasteiger partial charge in [-0.25, -0.2) is 4.68 Å². The highest BCUT2D eigenvalue weighted by atomic mass is 19.4. The third-order valence-corrected chi connectivity index (χ3v) is 4.49. The number of rotatable bonds is 8. The standard InChI is InChI=1S/C21H20F3N3O4/c22-21(23,24)13-31-12-15-7-5-14(6-8-15)11-25-18(28)9-10-27-20(30)17-4-2-1-3-16(17)19(29)26-27/h1-8H,9-13H2,(H,25,28)(H,26,29). The van der Waals surface area contributed by atoms with Gasteiger partial charge in [-0.05, 0) is 23.3 Å². The number of halogens is 3. The lowest BCUT2D eigenvalue weighted by molar-refractivity contribution is -0.176. The summed E-state index contributed by atoms with van der Waals surface area (Å²) in [5.41, 5.74) is 0.546. The van der Waals surface area contributed by atoms with Gasteiger partial charge in [0.2, 0.25) is 5.91 Å². The first-order valence-corrected chi connectivity index (χ1v) is 9.44. The smallest absolute Gasteiger partial charge is 0.367 e.